The van der Waals surface area contributed by atoms with E-state index in [9.17, 15) is 22.8 Å². The van der Waals surface area contributed by atoms with Gasteiger partial charge in [0.25, 0.3) is 0 Å². The first kappa shape index (κ1) is 22.9. The van der Waals surface area contributed by atoms with Crippen LogP contribution in [-0.2, 0) is 4.79 Å². The summed E-state index contributed by atoms with van der Waals surface area (Å²) in [5.74, 6) is -1.64. The van der Waals surface area contributed by atoms with Crippen molar-refractivity contribution in [3.05, 3.63) is 48.2 Å². The van der Waals surface area contributed by atoms with Gasteiger partial charge in [0, 0.05) is 18.0 Å². The maximum absolute atomic E-state index is 12.2. The summed E-state index contributed by atoms with van der Waals surface area (Å²) in [6.45, 7) is -0.240. The van der Waals surface area contributed by atoms with E-state index in [1.165, 1.54) is 30.5 Å². The summed E-state index contributed by atoms with van der Waals surface area (Å²) in [5.41, 5.74) is 0.136. The van der Waals surface area contributed by atoms with Crippen LogP contribution in [0.1, 0.15) is 10.4 Å². The van der Waals surface area contributed by atoms with Crippen LogP contribution in [0, 0.1) is 0 Å². The number of carboxylic acids is 1. The van der Waals surface area contributed by atoms with Gasteiger partial charge in [-0.05, 0) is 36.0 Å². The first-order valence-corrected chi connectivity index (χ1v) is 7.55. The van der Waals surface area contributed by atoms with Gasteiger partial charge in [-0.2, -0.15) is 0 Å². The normalized spacial score (nSPS) is 10.6. The molecular weight excluding hydrogens is 400 g/mol. The third-order valence-corrected chi connectivity index (χ3v) is 3.61. The standard InChI is InChI=1S/C15H11F3N2O4S.K.H/c16-15(17,18)24-10-4-1-3-9(7-10)20-8-12(21)25-13-11(14(22)23)5-2-6-19-13;;/h1-7,20H,8H2,(H,22,23);;. The predicted octanol–water partition coefficient (Wildman–Crippen LogP) is 2.76. The molecule has 134 valence electrons. The first-order chi connectivity index (χ1) is 11.7. The third-order valence-electron chi connectivity index (χ3n) is 2.72. The van der Waals surface area contributed by atoms with Crippen molar-refractivity contribution in [2.24, 2.45) is 0 Å². The number of ether oxygens (including phenoxy) is 1. The fraction of sp³-hybridized carbons (Fsp3) is 0.133. The summed E-state index contributed by atoms with van der Waals surface area (Å²) in [7, 11) is 0. The number of thioether (sulfide) groups is 1. The summed E-state index contributed by atoms with van der Waals surface area (Å²) in [6.07, 6.45) is -3.45. The Hall–Kier alpha value is -1.11. The zero-order chi connectivity index (χ0) is 18.4. The number of carboxylic acid groups (broad SMARTS) is 1. The molecule has 2 rings (SSSR count). The second-order valence-corrected chi connectivity index (χ2v) is 5.61. The summed E-state index contributed by atoms with van der Waals surface area (Å²) < 4.78 is 40.3. The number of nitrogens with one attached hydrogen (secondary N) is 1. The molecule has 0 saturated carbocycles. The zero-order valence-electron chi connectivity index (χ0n) is 12.4. The second kappa shape index (κ2) is 10.3. The van der Waals surface area contributed by atoms with Crippen molar-refractivity contribution >= 4 is 79.9 Å². The average Bonchev–Trinajstić information content (AvgIpc) is 2.52. The fourth-order valence-corrected chi connectivity index (χ4v) is 2.50. The molecule has 0 amide bonds. The molecule has 0 fully saturated rings. The van der Waals surface area contributed by atoms with E-state index in [0.717, 1.165) is 12.1 Å². The number of hydrogen-bond acceptors (Lipinski definition) is 6. The Morgan fingerprint density at radius 2 is 1.96 bits per heavy atom. The molecule has 0 unspecified atom stereocenters. The van der Waals surface area contributed by atoms with E-state index >= 15 is 0 Å². The van der Waals surface area contributed by atoms with Gasteiger partial charge in [0.2, 0.25) is 5.12 Å². The molecule has 2 N–H and O–H groups in total. The number of nitrogens with zero attached hydrogens (tertiary/aromatic N) is 1. The van der Waals surface area contributed by atoms with Gasteiger partial charge in [0.15, 0.2) is 0 Å². The number of anilines is 1. The number of alkyl halides is 3. The maximum atomic E-state index is 12.2. The number of pyridine rings is 1. The van der Waals surface area contributed by atoms with Crippen molar-refractivity contribution < 1.29 is 32.6 Å². The van der Waals surface area contributed by atoms with Gasteiger partial charge in [0.1, 0.15) is 10.8 Å². The second-order valence-electron chi connectivity index (χ2n) is 4.56. The van der Waals surface area contributed by atoms with Crippen LogP contribution in [0.4, 0.5) is 18.9 Å². The molecule has 0 aliphatic rings. The van der Waals surface area contributed by atoms with Crippen LogP contribution in [0.2, 0.25) is 0 Å². The molecule has 1 aromatic heterocycles. The Morgan fingerprint density at radius 3 is 2.62 bits per heavy atom. The van der Waals surface area contributed by atoms with E-state index in [1.54, 1.807) is 0 Å². The van der Waals surface area contributed by atoms with Crippen molar-refractivity contribution in [1.29, 1.82) is 0 Å². The molecule has 2 aromatic rings. The van der Waals surface area contributed by atoms with Crippen LogP contribution in [0.3, 0.4) is 0 Å². The molecule has 1 aromatic carbocycles. The molecule has 0 aliphatic carbocycles. The van der Waals surface area contributed by atoms with Crippen LogP contribution in [0.15, 0.2) is 47.6 Å². The van der Waals surface area contributed by atoms with Crippen molar-refractivity contribution in [2.75, 3.05) is 11.9 Å². The molecule has 0 radical (unpaired) electrons. The fourth-order valence-electron chi connectivity index (χ4n) is 1.76. The van der Waals surface area contributed by atoms with Crippen LogP contribution in [0.5, 0.6) is 5.75 Å². The van der Waals surface area contributed by atoms with Crippen molar-refractivity contribution in [3.8, 4) is 5.75 Å². The number of rotatable bonds is 6. The quantitative estimate of drug-likeness (QED) is 0.557. The van der Waals surface area contributed by atoms with Crippen LogP contribution in [-0.4, -0.2) is 85.5 Å². The van der Waals surface area contributed by atoms with Crippen LogP contribution < -0.4 is 10.1 Å². The van der Waals surface area contributed by atoms with Gasteiger partial charge in [-0.15, -0.1) is 13.2 Å². The zero-order valence-corrected chi connectivity index (χ0v) is 13.2. The van der Waals surface area contributed by atoms with E-state index in [4.69, 9.17) is 5.11 Å². The first-order valence-electron chi connectivity index (χ1n) is 6.73. The number of hydrogen-bond donors (Lipinski definition) is 2. The Labute approximate surface area is 192 Å². The molecule has 0 aliphatic heterocycles. The van der Waals surface area contributed by atoms with Crippen LogP contribution >= 0.6 is 11.8 Å². The molecule has 0 atom stereocenters. The molecule has 0 spiro atoms. The van der Waals surface area contributed by atoms with Gasteiger partial charge in [-0.1, -0.05) is 6.07 Å². The molecule has 26 heavy (non-hydrogen) atoms. The minimum atomic E-state index is -4.81. The van der Waals surface area contributed by atoms with E-state index in [1.807, 2.05) is 0 Å². The molecule has 0 bridgehead atoms. The predicted molar refractivity (Wildman–Crippen MR) is 90.8 cm³/mol. The SMILES string of the molecule is O=C(CNc1cccc(OC(F)(F)F)c1)Sc1ncccc1C(=O)O.[KH]. The van der Waals surface area contributed by atoms with Gasteiger partial charge in [0.05, 0.1) is 12.1 Å². The van der Waals surface area contributed by atoms with Gasteiger partial charge < -0.3 is 15.2 Å². The van der Waals surface area contributed by atoms with Gasteiger partial charge in [-0.25, -0.2) is 9.78 Å². The van der Waals surface area contributed by atoms with Crippen LogP contribution in [0.25, 0.3) is 0 Å². The molecule has 0 saturated heterocycles. The Kier molecular flexibility index (Phi) is 9.06. The van der Waals surface area contributed by atoms with E-state index in [0.29, 0.717) is 11.8 Å². The summed E-state index contributed by atoms with van der Waals surface area (Å²) in [6, 6.07) is 7.77. The molecule has 6 nitrogen and oxygen atoms in total. The van der Waals surface area contributed by atoms with E-state index < -0.39 is 23.2 Å². The summed E-state index contributed by atoms with van der Waals surface area (Å²) in [5, 5.41) is 11.3. The van der Waals surface area contributed by atoms with Crippen molar-refractivity contribution in [2.45, 2.75) is 11.4 Å². The monoisotopic (exact) mass is 412 g/mol. The van der Waals surface area contributed by atoms with Crippen molar-refractivity contribution in [3.63, 3.8) is 0 Å². The number of benzene rings is 1. The summed E-state index contributed by atoms with van der Waals surface area (Å²) in [4.78, 5) is 26.8. The van der Waals surface area contributed by atoms with Gasteiger partial charge in [-0.3, -0.25) is 4.79 Å². The third kappa shape index (κ3) is 7.64. The topological polar surface area (TPSA) is 88.5 Å². The van der Waals surface area contributed by atoms with Gasteiger partial charge >= 0.3 is 63.7 Å². The molecular formula is C15H12F3KN2O4S. The number of aromatic carboxylic acids is 1. The Balaban J connectivity index is 0.00000338. The van der Waals surface area contributed by atoms with Crippen molar-refractivity contribution in [1.82, 2.24) is 4.98 Å². The number of halogens is 3. The Morgan fingerprint density at radius 1 is 1.23 bits per heavy atom. The summed E-state index contributed by atoms with van der Waals surface area (Å²) >= 11 is 0.627. The Bertz CT molecular complexity index is 789. The minimum absolute atomic E-state index is 0. The average molecular weight is 412 g/mol. The number of carbonyl (C=O) groups is 2. The van der Waals surface area contributed by atoms with E-state index in [-0.39, 0.29) is 74.2 Å². The molecule has 11 heteroatoms. The number of carbonyl (C=O) groups excluding carboxylic acids is 1. The van der Waals surface area contributed by atoms with E-state index in [2.05, 4.69) is 15.0 Å². The molecule has 1 heterocycles. The number of aromatic nitrogens is 1.